The molecular formula is C18H22N4O2. The van der Waals surface area contributed by atoms with Gasteiger partial charge in [-0.25, -0.2) is 9.67 Å². The Morgan fingerprint density at radius 3 is 2.88 bits per heavy atom. The van der Waals surface area contributed by atoms with E-state index >= 15 is 0 Å². The van der Waals surface area contributed by atoms with Crippen molar-refractivity contribution in [3.8, 4) is 11.4 Å². The molecular weight excluding hydrogens is 304 g/mol. The highest BCUT2D eigenvalue weighted by Gasteiger charge is 2.22. The van der Waals surface area contributed by atoms with Gasteiger partial charge in [-0.05, 0) is 32.4 Å². The minimum absolute atomic E-state index is 0.153. The first-order valence-electron chi connectivity index (χ1n) is 8.13. The minimum Gasteiger partial charge on any atom is -0.385 e. The van der Waals surface area contributed by atoms with Crippen molar-refractivity contribution in [1.82, 2.24) is 14.8 Å². The third kappa shape index (κ3) is 3.23. The Labute approximate surface area is 141 Å². The molecule has 1 aromatic carbocycles. The van der Waals surface area contributed by atoms with Gasteiger partial charge in [0.15, 0.2) is 11.6 Å². The summed E-state index contributed by atoms with van der Waals surface area (Å²) >= 11 is 0. The summed E-state index contributed by atoms with van der Waals surface area (Å²) in [5, 5.41) is 14.2. The van der Waals surface area contributed by atoms with E-state index in [-0.39, 0.29) is 5.91 Å². The van der Waals surface area contributed by atoms with Crippen LogP contribution in [0.3, 0.4) is 0 Å². The van der Waals surface area contributed by atoms with Gasteiger partial charge in [0.1, 0.15) is 6.10 Å². The number of carbonyl (C=O) groups is 1. The van der Waals surface area contributed by atoms with Gasteiger partial charge in [0.25, 0.3) is 0 Å². The van der Waals surface area contributed by atoms with Crippen LogP contribution in [0.25, 0.3) is 11.4 Å². The third-order valence-electron chi connectivity index (χ3n) is 3.97. The second-order valence-electron chi connectivity index (χ2n) is 6.28. The van der Waals surface area contributed by atoms with Gasteiger partial charge in [0, 0.05) is 24.2 Å². The molecule has 0 aliphatic carbocycles. The Hall–Kier alpha value is -2.47. The van der Waals surface area contributed by atoms with Crippen molar-refractivity contribution in [1.29, 1.82) is 0 Å². The van der Waals surface area contributed by atoms with Crippen molar-refractivity contribution >= 4 is 11.6 Å². The quantitative estimate of drug-likeness (QED) is 0.858. The summed E-state index contributed by atoms with van der Waals surface area (Å²) in [4.78, 5) is 18.3. The second kappa shape index (κ2) is 6.57. The number of amides is 1. The van der Waals surface area contributed by atoms with Gasteiger partial charge in [-0.15, -0.1) is 0 Å². The number of hydrogen-bond acceptors (Lipinski definition) is 4. The van der Waals surface area contributed by atoms with E-state index in [1.807, 2.05) is 31.2 Å². The van der Waals surface area contributed by atoms with Crippen LogP contribution in [0, 0.1) is 0 Å². The zero-order valence-corrected chi connectivity index (χ0v) is 14.1. The molecule has 2 heterocycles. The van der Waals surface area contributed by atoms with Gasteiger partial charge in [-0.3, -0.25) is 4.79 Å². The van der Waals surface area contributed by atoms with Crippen molar-refractivity contribution in [2.45, 2.75) is 39.3 Å². The predicted octanol–water partition coefficient (Wildman–Crippen LogP) is 2.70. The average Bonchev–Trinajstić information content (AvgIpc) is 3.13. The van der Waals surface area contributed by atoms with Crippen LogP contribution < -0.4 is 4.90 Å². The van der Waals surface area contributed by atoms with Crippen LogP contribution in [0.1, 0.15) is 38.6 Å². The molecule has 6 nitrogen and oxygen atoms in total. The molecule has 1 saturated heterocycles. The molecule has 1 atom stereocenters. The fraction of sp³-hybridized carbons (Fsp3) is 0.389. The Bertz CT molecular complexity index is 779. The summed E-state index contributed by atoms with van der Waals surface area (Å²) < 4.78 is 1.75. The van der Waals surface area contributed by atoms with Crippen LogP contribution in [0.4, 0.5) is 5.69 Å². The maximum atomic E-state index is 12.0. The van der Waals surface area contributed by atoms with Crippen LogP contribution in [0.5, 0.6) is 0 Å². The first kappa shape index (κ1) is 16.4. The first-order valence-corrected chi connectivity index (χ1v) is 8.13. The van der Waals surface area contributed by atoms with Crippen molar-refractivity contribution in [3.63, 3.8) is 0 Å². The van der Waals surface area contributed by atoms with Gasteiger partial charge < -0.3 is 10.0 Å². The number of aliphatic hydroxyl groups excluding tert-OH is 1. The van der Waals surface area contributed by atoms with Gasteiger partial charge in [-0.2, -0.15) is 5.10 Å². The molecule has 1 aliphatic rings. The Kier molecular flexibility index (Phi) is 4.49. The summed E-state index contributed by atoms with van der Waals surface area (Å²) in [5.41, 5.74) is 2.69. The molecule has 6 heteroatoms. The summed E-state index contributed by atoms with van der Waals surface area (Å²) in [6, 6.07) is 7.74. The number of rotatable bonds is 5. The standard InChI is InChI=1S/C18H22N4O2/c1-12(2)11-22-18(19-17(20-22)13(3)23)14-6-4-7-15(10-14)21-9-5-8-16(21)24/h4,6-7,10,13,23H,1,5,8-9,11H2,2-3H3. The molecule has 1 aliphatic heterocycles. The SMILES string of the molecule is C=C(C)Cn1nc(C(C)O)nc1-c1cccc(N2CCCC2=O)c1. The van der Waals surface area contributed by atoms with Gasteiger partial charge in [0.2, 0.25) is 5.91 Å². The first-order chi connectivity index (χ1) is 11.5. The summed E-state index contributed by atoms with van der Waals surface area (Å²) in [7, 11) is 0. The number of carbonyl (C=O) groups excluding carboxylic acids is 1. The number of allylic oxidation sites excluding steroid dienone is 1. The molecule has 126 valence electrons. The van der Waals surface area contributed by atoms with Gasteiger partial charge in [0.05, 0.1) is 6.54 Å². The topological polar surface area (TPSA) is 71.2 Å². The number of benzene rings is 1. The van der Waals surface area contributed by atoms with E-state index in [1.54, 1.807) is 16.5 Å². The van der Waals surface area contributed by atoms with Crippen LogP contribution in [-0.4, -0.2) is 32.3 Å². The van der Waals surface area contributed by atoms with E-state index in [1.165, 1.54) is 0 Å². The zero-order valence-electron chi connectivity index (χ0n) is 14.1. The minimum atomic E-state index is -0.738. The highest BCUT2D eigenvalue weighted by molar-refractivity contribution is 5.95. The fourth-order valence-electron chi connectivity index (χ4n) is 2.85. The van der Waals surface area contributed by atoms with E-state index in [4.69, 9.17) is 0 Å². The van der Waals surface area contributed by atoms with Crippen LogP contribution in [0.15, 0.2) is 36.4 Å². The largest absolute Gasteiger partial charge is 0.385 e. The maximum Gasteiger partial charge on any atom is 0.227 e. The summed E-state index contributed by atoms with van der Waals surface area (Å²) in [5.74, 6) is 1.21. The lowest BCUT2D eigenvalue weighted by Gasteiger charge is -2.16. The molecule has 3 rings (SSSR count). The smallest absolute Gasteiger partial charge is 0.227 e. The lowest BCUT2D eigenvalue weighted by Crippen LogP contribution is -2.23. The highest BCUT2D eigenvalue weighted by Crippen LogP contribution is 2.27. The Balaban J connectivity index is 2.01. The van der Waals surface area contributed by atoms with Gasteiger partial charge >= 0.3 is 0 Å². The number of aromatic nitrogens is 3. The predicted molar refractivity (Wildman–Crippen MR) is 92.5 cm³/mol. The maximum absolute atomic E-state index is 12.0. The summed E-state index contributed by atoms with van der Waals surface area (Å²) in [6.45, 7) is 8.77. The Morgan fingerprint density at radius 1 is 1.46 bits per heavy atom. The monoisotopic (exact) mass is 326 g/mol. The van der Waals surface area contributed by atoms with Crippen molar-refractivity contribution in [3.05, 3.63) is 42.2 Å². The molecule has 0 spiro atoms. The Morgan fingerprint density at radius 2 is 2.25 bits per heavy atom. The van der Waals surface area contributed by atoms with E-state index in [0.29, 0.717) is 24.6 Å². The van der Waals surface area contributed by atoms with Crippen LogP contribution in [0.2, 0.25) is 0 Å². The second-order valence-corrected chi connectivity index (χ2v) is 6.28. The molecule has 1 aromatic heterocycles. The lowest BCUT2D eigenvalue weighted by atomic mass is 10.1. The van der Waals surface area contributed by atoms with Gasteiger partial charge in [-0.1, -0.05) is 24.3 Å². The van der Waals surface area contributed by atoms with E-state index in [2.05, 4.69) is 16.7 Å². The number of anilines is 1. The highest BCUT2D eigenvalue weighted by atomic mass is 16.3. The molecule has 2 aromatic rings. The molecule has 1 amide bonds. The van der Waals surface area contributed by atoms with Crippen molar-refractivity contribution in [2.24, 2.45) is 0 Å². The summed E-state index contributed by atoms with van der Waals surface area (Å²) in [6.07, 6.45) is 0.752. The van der Waals surface area contributed by atoms with E-state index in [9.17, 15) is 9.90 Å². The van der Waals surface area contributed by atoms with Crippen LogP contribution in [-0.2, 0) is 11.3 Å². The molecule has 24 heavy (non-hydrogen) atoms. The van der Waals surface area contributed by atoms with E-state index < -0.39 is 6.10 Å². The molecule has 1 N–H and O–H groups in total. The average molecular weight is 326 g/mol. The molecule has 0 radical (unpaired) electrons. The van der Waals surface area contributed by atoms with Crippen molar-refractivity contribution < 1.29 is 9.90 Å². The molecule has 1 unspecified atom stereocenters. The number of aliphatic hydroxyl groups is 1. The zero-order chi connectivity index (χ0) is 17.3. The molecule has 1 fully saturated rings. The molecule has 0 saturated carbocycles. The van der Waals surface area contributed by atoms with Crippen molar-refractivity contribution in [2.75, 3.05) is 11.4 Å². The number of nitrogens with zero attached hydrogens (tertiary/aromatic N) is 4. The normalized spacial score (nSPS) is 15.8. The lowest BCUT2D eigenvalue weighted by molar-refractivity contribution is -0.117. The fourth-order valence-corrected chi connectivity index (χ4v) is 2.85. The number of hydrogen-bond donors (Lipinski definition) is 1. The third-order valence-corrected chi connectivity index (χ3v) is 3.97. The molecule has 0 bridgehead atoms. The van der Waals surface area contributed by atoms with E-state index in [0.717, 1.165) is 29.8 Å². The van der Waals surface area contributed by atoms with Crippen LogP contribution >= 0.6 is 0 Å².